The minimum absolute atomic E-state index is 0. The fourth-order valence-electron chi connectivity index (χ4n) is 0.544. The first-order valence-electron chi connectivity index (χ1n) is 2.52. The first kappa shape index (κ1) is 14.3. The Hall–Kier alpha value is 2.31. The van der Waals surface area contributed by atoms with Gasteiger partial charge in [-0.1, -0.05) is 58.0 Å². The molecule has 0 saturated heterocycles. The second kappa shape index (κ2) is 6.01. The van der Waals surface area contributed by atoms with E-state index >= 15 is 0 Å². The normalized spacial score (nSPS) is 9.42. The molecule has 0 bridgehead atoms. The van der Waals surface area contributed by atoms with Gasteiger partial charge in [-0.25, -0.2) is 0 Å². The number of rotatable bonds is 0. The van der Waals surface area contributed by atoms with Crippen LogP contribution in [0.25, 0.3) is 0 Å². The molecule has 0 N–H and O–H groups in total. The molecule has 0 saturated carbocycles. The van der Waals surface area contributed by atoms with Crippen molar-refractivity contribution in [3.05, 3.63) is 31.2 Å². The third-order valence-electron chi connectivity index (χ3n) is 1.06. The minimum Gasteiger partial charge on any atom is -0.0826 e. The van der Waals surface area contributed by atoms with Crippen molar-refractivity contribution in [3.8, 4) is 0 Å². The van der Waals surface area contributed by atoms with Crippen LogP contribution in [-0.4, -0.2) is 51.4 Å². The summed E-state index contributed by atoms with van der Waals surface area (Å²) in [6.45, 7) is 0. The van der Waals surface area contributed by atoms with Crippen LogP contribution in [0.15, 0.2) is 6.07 Å². The monoisotopic (exact) mass is 287 g/mol. The second-order valence-corrected chi connectivity index (χ2v) is 3.73. The molecule has 0 heterocycles. The van der Waals surface area contributed by atoms with Crippen molar-refractivity contribution in [1.82, 2.24) is 0 Å². The number of hydrogen-bond acceptors (Lipinski definition) is 0. The van der Waals surface area contributed by atoms with Crippen LogP contribution in [0.1, 0.15) is 0 Å². The van der Waals surface area contributed by atoms with Crippen molar-refractivity contribution >= 4 is 109 Å². The van der Waals surface area contributed by atoms with E-state index < -0.39 is 0 Å². The van der Waals surface area contributed by atoms with Gasteiger partial charge in [-0.05, 0) is 6.07 Å². The second-order valence-electron chi connectivity index (χ2n) is 1.78. The molecule has 0 atom stereocenters. The smallest absolute Gasteiger partial charge is 0.0808 e. The zero-order valence-electron chi connectivity index (χ0n) is 5.97. The molecule has 0 amide bonds. The predicted molar refractivity (Wildman–Crippen MR) is 57.2 cm³/mol. The van der Waals surface area contributed by atoms with Gasteiger partial charge in [0, 0.05) is 51.4 Å². The van der Waals surface area contributed by atoms with Crippen LogP contribution in [0.5, 0.6) is 0 Å². The Bertz CT molecular complexity index is 272. The predicted octanol–water partition coefficient (Wildman–Crippen LogP) is 4.57. The van der Waals surface area contributed by atoms with Crippen LogP contribution in [0.2, 0.25) is 25.1 Å². The zero-order chi connectivity index (χ0) is 8.59. The van der Waals surface area contributed by atoms with Crippen molar-refractivity contribution in [2.24, 2.45) is 0 Å². The average Bonchev–Trinajstić information content (AvgIpc) is 1.97. The number of benzene rings is 1. The molecule has 1 aromatic carbocycles. The molecule has 0 spiro atoms. The topological polar surface area (TPSA) is 0 Å². The molecule has 0 aliphatic heterocycles. The molecular formula is C6HCl5K. The Morgan fingerprint density at radius 3 is 1.33 bits per heavy atom. The number of halogens is 5. The van der Waals surface area contributed by atoms with E-state index in [1.165, 1.54) is 6.07 Å². The first-order chi connectivity index (χ1) is 5.04. The SMILES string of the molecule is Clc1cc(Cl)c(Cl)c(Cl)c1Cl.[K]. The van der Waals surface area contributed by atoms with Gasteiger partial charge in [-0.3, -0.25) is 0 Å². The Balaban J connectivity index is 0.00000121. The fourth-order valence-corrected chi connectivity index (χ4v) is 1.65. The van der Waals surface area contributed by atoms with E-state index in [4.69, 9.17) is 58.0 Å². The van der Waals surface area contributed by atoms with E-state index in [9.17, 15) is 0 Å². The van der Waals surface area contributed by atoms with Crippen molar-refractivity contribution in [2.45, 2.75) is 0 Å². The molecule has 0 unspecified atom stereocenters. The van der Waals surface area contributed by atoms with Gasteiger partial charge in [0.25, 0.3) is 0 Å². The molecule has 1 radical (unpaired) electrons. The van der Waals surface area contributed by atoms with Crippen LogP contribution in [0.4, 0.5) is 0 Å². The minimum atomic E-state index is 0. The van der Waals surface area contributed by atoms with Gasteiger partial charge in [0.1, 0.15) is 0 Å². The molecule has 6 heteroatoms. The maximum absolute atomic E-state index is 5.66. The van der Waals surface area contributed by atoms with E-state index in [-0.39, 0.29) is 66.5 Å². The van der Waals surface area contributed by atoms with Gasteiger partial charge in [-0.2, -0.15) is 0 Å². The Labute approximate surface area is 138 Å². The molecule has 0 aromatic heterocycles. The Morgan fingerprint density at radius 2 is 1.00 bits per heavy atom. The fraction of sp³-hybridized carbons (Fsp3) is 0. The van der Waals surface area contributed by atoms with E-state index in [2.05, 4.69) is 0 Å². The molecular weight excluding hydrogens is 288 g/mol. The largest absolute Gasteiger partial charge is 0.0826 e. The van der Waals surface area contributed by atoms with Gasteiger partial charge in [-0.15, -0.1) is 0 Å². The van der Waals surface area contributed by atoms with Crippen molar-refractivity contribution in [2.75, 3.05) is 0 Å². The maximum Gasteiger partial charge on any atom is 0.0808 e. The summed E-state index contributed by atoms with van der Waals surface area (Å²) in [5, 5.41) is 1.23. The van der Waals surface area contributed by atoms with Gasteiger partial charge in [0.15, 0.2) is 0 Å². The van der Waals surface area contributed by atoms with E-state index in [0.29, 0.717) is 10.0 Å². The van der Waals surface area contributed by atoms with Crippen LogP contribution >= 0.6 is 58.0 Å². The summed E-state index contributed by atoms with van der Waals surface area (Å²) in [5.74, 6) is 0. The van der Waals surface area contributed by atoms with Gasteiger partial charge < -0.3 is 0 Å². The third-order valence-corrected chi connectivity index (χ3v) is 3.20. The summed E-state index contributed by atoms with van der Waals surface area (Å²) < 4.78 is 0. The summed E-state index contributed by atoms with van der Waals surface area (Å²) in [6, 6.07) is 1.44. The molecule has 0 aliphatic carbocycles. The van der Waals surface area contributed by atoms with Gasteiger partial charge in [0.2, 0.25) is 0 Å². The molecule has 0 aliphatic rings. The summed E-state index contributed by atoms with van der Waals surface area (Å²) >= 11 is 28.2. The molecule has 0 fully saturated rings. The van der Waals surface area contributed by atoms with Crippen molar-refractivity contribution < 1.29 is 0 Å². The first-order valence-corrected chi connectivity index (χ1v) is 4.41. The van der Waals surface area contributed by atoms with E-state index in [0.717, 1.165) is 0 Å². The third kappa shape index (κ3) is 3.16. The Kier molecular flexibility index (Phi) is 7.17. The average molecular weight is 289 g/mol. The van der Waals surface area contributed by atoms with Gasteiger partial charge >= 0.3 is 0 Å². The number of hydrogen-bond donors (Lipinski definition) is 0. The van der Waals surface area contributed by atoms with Crippen LogP contribution in [-0.2, 0) is 0 Å². The van der Waals surface area contributed by atoms with Crippen molar-refractivity contribution in [3.63, 3.8) is 0 Å². The molecule has 1 aromatic rings. The van der Waals surface area contributed by atoms with Crippen molar-refractivity contribution in [1.29, 1.82) is 0 Å². The summed E-state index contributed by atoms with van der Waals surface area (Å²) in [4.78, 5) is 0. The summed E-state index contributed by atoms with van der Waals surface area (Å²) in [5.41, 5.74) is 0. The van der Waals surface area contributed by atoms with Gasteiger partial charge in [0.05, 0.1) is 25.1 Å². The van der Waals surface area contributed by atoms with E-state index in [1.807, 2.05) is 0 Å². The van der Waals surface area contributed by atoms with Crippen LogP contribution in [0, 0.1) is 0 Å². The summed E-state index contributed by atoms with van der Waals surface area (Å²) in [6.07, 6.45) is 0. The van der Waals surface area contributed by atoms with Crippen LogP contribution in [0.3, 0.4) is 0 Å². The maximum atomic E-state index is 5.66. The summed E-state index contributed by atoms with van der Waals surface area (Å²) in [7, 11) is 0. The molecule has 1 rings (SSSR count). The standard InChI is InChI=1S/C6HCl5.K/c7-2-1-3(8)5(10)6(11)4(2)9;/h1H;. The molecule has 12 heavy (non-hydrogen) atoms. The zero-order valence-corrected chi connectivity index (χ0v) is 12.9. The van der Waals surface area contributed by atoms with E-state index in [1.54, 1.807) is 0 Å². The van der Waals surface area contributed by atoms with Crippen LogP contribution < -0.4 is 0 Å². The Morgan fingerprint density at radius 1 is 0.667 bits per heavy atom. The molecule has 0 nitrogen and oxygen atoms in total. The molecule has 61 valence electrons. The quantitative estimate of drug-likeness (QED) is 0.373.